The third-order valence-electron chi connectivity index (χ3n) is 4.60. The molecular weight excluding hydrogens is 452 g/mol. The second-order valence-corrected chi connectivity index (χ2v) is 7.12. The number of carbonyl (C=O) groups excluding carboxylic acids is 2. The van der Waals surface area contributed by atoms with Gasteiger partial charge in [-0.15, -0.1) is 0 Å². The van der Waals surface area contributed by atoms with Crippen LogP contribution >= 0.6 is 0 Å². The van der Waals surface area contributed by atoms with E-state index in [0.717, 1.165) is 12.0 Å². The van der Waals surface area contributed by atoms with Crippen LogP contribution < -0.4 is 16.8 Å². The summed E-state index contributed by atoms with van der Waals surface area (Å²) in [5.74, 6) is -0.605. The maximum absolute atomic E-state index is 10.8. The molecule has 0 amide bonds. The summed E-state index contributed by atoms with van der Waals surface area (Å²) in [7, 11) is 3.53. The standard InChI is InChI=1S/C16H19N7O.C6H11NO3.CH4/c1-4-11(9-24)6-5-10(2)23(3)8-12-7-19-15-13(20-12)14(17)21-16(18)22-15;1-7-5(4-8)2-3-6(9)10;/h4-7,9H,1,8H2,2-3H3,(H4,17,18,19,21,22);4-5,7H,2-3H2,1H3,(H,9,10);1H4/b10-5+,11-6+;;. The molecule has 1 unspecified atom stereocenters. The van der Waals surface area contributed by atoms with Gasteiger partial charge in [-0.1, -0.05) is 26.2 Å². The van der Waals surface area contributed by atoms with E-state index in [4.69, 9.17) is 16.6 Å². The molecule has 2 aromatic heterocycles. The lowest BCUT2D eigenvalue weighted by atomic mass is 10.2. The number of carboxylic acids is 1. The van der Waals surface area contributed by atoms with E-state index in [0.29, 0.717) is 41.7 Å². The molecule has 0 bridgehead atoms. The predicted octanol–water partition coefficient (Wildman–Crippen LogP) is 1.51. The molecule has 190 valence electrons. The van der Waals surface area contributed by atoms with Gasteiger partial charge in [0.1, 0.15) is 12.6 Å². The van der Waals surface area contributed by atoms with Crippen LogP contribution in [0.2, 0.25) is 0 Å². The first-order valence-electron chi connectivity index (χ1n) is 10.2. The number of nitrogens with zero attached hydrogens (tertiary/aromatic N) is 5. The Morgan fingerprint density at radius 3 is 2.49 bits per heavy atom. The van der Waals surface area contributed by atoms with E-state index in [-0.39, 0.29) is 31.7 Å². The van der Waals surface area contributed by atoms with Crippen molar-refractivity contribution in [1.82, 2.24) is 30.2 Å². The number of carboxylic acid groups (broad SMARTS) is 1. The maximum Gasteiger partial charge on any atom is 0.303 e. The van der Waals surface area contributed by atoms with Gasteiger partial charge in [0.05, 0.1) is 24.5 Å². The topological polar surface area (TPSA) is 190 Å². The second kappa shape index (κ2) is 15.6. The number of nitrogens with one attached hydrogen (secondary N) is 1. The number of nitrogen functional groups attached to an aromatic ring is 2. The van der Waals surface area contributed by atoms with Gasteiger partial charge in [-0.3, -0.25) is 9.59 Å². The number of allylic oxidation sites excluding steroid dienone is 5. The minimum Gasteiger partial charge on any atom is -0.481 e. The van der Waals surface area contributed by atoms with E-state index in [9.17, 15) is 14.4 Å². The average molecular weight is 487 g/mol. The molecule has 0 aromatic carbocycles. The normalized spacial score (nSPS) is 12.0. The van der Waals surface area contributed by atoms with Crippen LogP contribution in [0.4, 0.5) is 11.8 Å². The molecular formula is C23H34N8O4. The average Bonchev–Trinajstić information content (AvgIpc) is 2.80. The van der Waals surface area contributed by atoms with Gasteiger partial charge in [-0.25, -0.2) is 9.97 Å². The fraction of sp³-hybridized carbons (Fsp3) is 0.348. The van der Waals surface area contributed by atoms with Gasteiger partial charge in [-0.05, 0) is 26.5 Å². The van der Waals surface area contributed by atoms with Crippen LogP contribution in [0, 0.1) is 0 Å². The van der Waals surface area contributed by atoms with E-state index < -0.39 is 5.97 Å². The lowest BCUT2D eigenvalue weighted by Crippen LogP contribution is -2.27. The van der Waals surface area contributed by atoms with Gasteiger partial charge in [0, 0.05) is 24.7 Å². The molecule has 0 aliphatic rings. The molecule has 35 heavy (non-hydrogen) atoms. The van der Waals surface area contributed by atoms with Crippen LogP contribution in [0.15, 0.2) is 42.3 Å². The molecule has 0 aliphatic carbocycles. The molecule has 0 saturated carbocycles. The molecule has 0 radical (unpaired) electrons. The van der Waals surface area contributed by atoms with Crippen molar-refractivity contribution in [2.75, 3.05) is 25.6 Å². The number of aliphatic carboxylic acids is 1. The van der Waals surface area contributed by atoms with E-state index in [2.05, 4.69) is 31.8 Å². The largest absolute Gasteiger partial charge is 0.481 e. The zero-order valence-corrected chi connectivity index (χ0v) is 19.4. The Balaban J connectivity index is 0.000000895. The van der Waals surface area contributed by atoms with Crippen molar-refractivity contribution in [3.8, 4) is 0 Å². The van der Waals surface area contributed by atoms with E-state index in [1.807, 2.05) is 24.9 Å². The number of hydrogen-bond acceptors (Lipinski definition) is 11. The molecule has 6 N–H and O–H groups in total. The third kappa shape index (κ3) is 10.5. The highest BCUT2D eigenvalue weighted by Gasteiger charge is 2.09. The third-order valence-corrected chi connectivity index (χ3v) is 4.60. The molecule has 0 fully saturated rings. The Hall–Kier alpha value is -4.19. The fourth-order valence-electron chi connectivity index (χ4n) is 2.49. The Bertz CT molecular complexity index is 1070. The number of hydrogen-bond donors (Lipinski definition) is 4. The first-order valence-corrected chi connectivity index (χ1v) is 10.2. The highest BCUT2D eigenvalue weighted by Crippen LogP contribution is 2.16. The van der Waals surface area contributed by atoms with E-state index in [1.165, 1.54) is 6.08 Å². The van der Waals surface area contributed by atoms with Crippen LogP contribution in [0.5, 0.6) is 0 Å². The van der Waals surface area contributed by atoms with E-state index >= 15 is 0 Å². The summed E-state index contributed by atoms with van der Waals surface area (Å²) in [5, 5.41) is 10.9. The SMILES string of the molecule is C.C=C/C(C=O)=C\C=C(/C)N(C)Cc1cnc2nc(N)nc(N)c2n1.CNC(C=O)CCC(=O)O. The number of nitrogens with two attached hydrogens (primary N) is 2. The first kappa shape index (κ1) is 30.8. The zero-order chi connectivity index (χ0) is 25.7. The summed E-state index contributed by atoms with van der Waals surface area (Å²) in [4.78, 5) is 49.4. The van der Waals surface area contributed by atoms with Crippen LogP contribution in [-0.4, -0.2) is 68.6 Å². The fourth-order valence-corrected chi connectivity index (χ4v) is 2.49. The number of likely N-dealkylation sites (N-methyl/N-ethyl adjacent to an activating group) is 1. The number of anilines is 2. The van der Waals surface area contributed by atoms with Crippen LogP contribution in [-0.2, 0) is 20.9 Å². The van der Waals surface area contributed by atoms with Crippen molar-refractivity contribution in [1.29, 1.82) is 0 Å². The first-order chi connectivity index (χ1) is 16.1. The summed E-state index contributed by atoms with van der Waals surface area (Å²) in [6.07, 6.45) is 8.50. The minimum absolute atomic E-state index is 0. The Morgan fingerprint density at radius 1 is 1.26 bits per heavy atom. The van der Waals surface area contributed by atoms with Crippen molar-refractivity contribution >= 4 is 41.5 Å². The molecule has 2 rings (SSSR count). The molecule has 2 heterocycles. The molecule has 12 nitrogen and oxygen atoms in total. The lowest BCUT2D eigenvalue weighted by molar-refractivity contribution is -0.137. The molecule has 12 heteroatoms. The van der Waals surface area contributed by atoms with E-state index in [1.54, 1.807) is 19.3 Å². The summed E-state index contributed by atoms with van der Waals surface area (Å²) in [6.45, 7) is 6.01. The second-order valence-electron chi connectivity index (χ2n) is 7.12. The highest BCUT2D eigenvalue weighted by molar-refractivity contribution is 5.81. The zero-order valence-electron chi connectivity index (χ0n) is 19.4. The summed E-state index contributed by atoms with van der Waals surface area (Å²) < 4.78 is 0. The van der Waals surface area contributed by atoms with Crippen molar-refractivity contribution in [3.63, 3.8) is 0 Å². The molecule has 0 aliphatic heterocycles. The highest BCUT2D eigenvalue weighted by atomic mass is 16.4. The van der Waals surface area contributed by atoms with Gasteiger partial charge in [-0.2, -0.15) is 9.97 Å². The molecule has 2 aromatic rings. The number of aldehydes is 2. The van der Waals surface area contributed by atoms with Crippen molar-refractivity contribution in [2.24, 2.45) is 0 Å². The number of fused-ring (bicyclic) bond motifs is 1. The number of rotatable bonds is 11. The Morgan fingerprint density at radius 2 is 1.94 bits per heavy atom. The van der Waals surface area contributed by atoms with Crippen molar-refractivity contribution in [2.45, 2.75) is 39.8 Å². The lowest BCUT2D eigenvalue weighted by Gasteiger charge is -2.19. The molecule has 0 saturated heterocycles. The maximum atomic E-state index is 10.8. The van der Waals surface area contributed by atoms with Crippen LogP contribution in [0.3, 0.4) is 0 Å². The van der Waals surface area contributed by atoms with Gasteiger partial charge in [0.15, 0.2) is 17.0 Å². The van der Waals surface area contributed by atoms with Gasteiger partial charge < -0.3 is 31.6 Å². The predicted molar refractivity (Wildman–Crippen MR) is 136 cm³/mol. The Labute approximate surface area is 204 Å². The summed E-state index contributed by atoms with van der Waals surface area (Å²) >= 11 is 0. The van der Waals surface area contributed by atoms with Crippen molar-refractivity contribution < 1.29 is 19.5 Å². The molecule has 1 atom stereocenters. The quantitative estimate of drug-likeness (QED) is 0.204. The van der Waals surface area contributed by atoms with Gasteiger partial charge in [0.2, 0.25) is 5.95 Å². The summed E-state index contributed by atoms with van der Waals surface area (Å²) in [5.41, 5.74) is 14.3. The number of aromatic nitrogens is 4. The minimum atomic E-state index is -0.873. The van der Waals surface area contributed by atoms with Crippen LogP contribution in [0.1, 0.15) is 32.9 Å². The molecule has 0 spiro atoms. The number of carbonyl (C=O) groups is 3. The van der Waals surface area contributed by atoms with Gasteiger partial charge >= 0.3 is 5.97 Å². The van der Waals surface area contributed by atoms with Gasteiger partial charge in [0.25, 0.3) is 0 Å². The summed E-state index contributed by atoms with van der Waals surface area (Å²) in [6, 6.07) is -0.323. The monoisotopic (exact) mass is 486 g/mol. The van der Waals surface area contributed by atoms with Crippen molar-refractivity contribution in [3.05, 3.63) is 48.0 Å². The van der Waals surface area contributed by atoms with Crippen LogP contribution in [0.25, 0.3) is 11.2 Å². The smallest absolute Gasteiger partial charge is 0.303 e. The Kier molecular flexibility index (Phi) is 13.7.